The highest BCUT2D eigenvalue weighted by Crippen LogP contribution is 2.20. The first-order valence-corrected chi connectivity index (χ1v) is 5.91. The SMILES string of the molecule is CCCC(C)(O)CNc1ncccc1Br. The summed E-state index contributed by atoms with van der Waals surface area (Å²) < 4.78 is 0.914. The summed E-state index contributed by atoms with van der Waals surface area (Å²) in [7, 11) is 0. The molecule has 1 atom stereocenters. The van der Waals surface area contributed by atoms with E-state index in [-0.39, 0.29) is 0 Å². The van der Waals surface area contributed by atoms with Crippen molar-refractivity contribution in [3.05, 3.63) is 22.8 Å². The van der Waals surface area contributed by atoms with Gasteiger partial charge in [-0.2, -0.15) is 0 Å². The van der Waals surface area contributed by atoms with Crippen molar-refractivity contribution >= 4 is 21.7 Å². The molecule has 3 nitrogen and oxygen atoms in total. The first-order chi connectivity index (χ1) is 7.05. The van der Waals surface area contributed by atoms with E-state index in [1.807, 2.05) is 19.1 Å². The molecule has 0 radical (unpaired) electrons. The second-order valence-corrected chi connectivity index (χ2v) is 4.79. The Morgan fingerprint density at radius 2 is 2.33 bits per heavy atom. The first kappa shape index (κ1) is 12.5. The lowest BCUT2D eigenvalue weighted by atomic mass is 10.0. The number of hydrogen-bond acceptors (Lipinski definition) is 3. The molecule has 0 spiro atoms. The van der Waals surface area contributed by atoms with Crippen molar-refractivity contribution in [1.29, 1.82) is 0 Å². The molecule has 0 aliphatic heterocycles. The van der Waals surface area contributed by atoms with Crippen LogP contribution in [0, 0.1) is 0 Å². The maximum atomic E-state index is 9.96. The number of anilines is 1. The van der Waals surface area contributed by atoms with Crippen molar-refractivity contribution in [1.82, 2.24) is 4.98 Å². The third kappa shape index (κ3) is 4.18. The minimum atomic E-state index is -0.675. The normalized spacial score (nSPS) is 14.7. The fourth-order valence-corrected chi connectivity index (χ4v) is 1.81. The fraction of sp³-hybridized carbons (Fsp3) is 0.545. The van der Waals surface area contributed by atoms with E-state index in [2.05, 4.69) is 33.2 Å². The number of hydrogen-bond donors (Lipinski definition) is 2. The Labute approximate surface area is 99.1 Å². The van der Waals surface area contributed by atoms with E-state index in [9.17, 15) is 5.11 Å². The number of pyridine rings is 1. The smallest absolute Gasteiger partial charge is 0.140 e. The van der Waals surface area contributed by atoms with Crippen LogP contribution >= 0.6 is 15.9 Å². The molecular weight excluding hydrogens is 256 g/mol. The molecule has 1 rings (SSSR count). The number of aromatic nitrogens is 1. The summed E-state index contributed by atoms with van der Waals surface area (Å²) in [5.41, 5.74) is -0.675. The summed E-state index contributed by atoms with van der Waals surface area (Å²) in [4.78, 5) is 4.17. The van der Waals surface area contributed by atoms with Gasteiger partial charge in [-0.05, 0) is 41.4 Å². The van der Waals surface area contributed by atoms with Gasteiger partial charge in [-0.3, -0.25) is 0 Å². The highest BCUT2D eigenvalue weighted by Gasteiger charge is 2.18. The quantitative estimate of drug-likeness (QED) is 0.867. The predicted octanol–water partition coefficient (Wildman–Crippen LogP) is 2.81. The second-order valence-electron chi connectivity index (χ2n) is 3.93. The van der Waals surface area contributed by atoms with Gasteiger partial charge in [-0.15, -0.1) is 0 Å². The van der Waals surface area contributed by atoms with Crippen LogP contribution in [-0.2, 0) is 0 Å². The monoisotopic (exact) mass is 272 g/mol. The van der Waals surface area contributed by atoms with Gasteiger partial charge in [0.05, 0.1) is 10.1 Å². The molecule has 0 saturated heterocycles. The summed E-state index contributed by atoms with van der Waals surface area (Å²) in [5, 5.41) is 13.1. The van der Waals surface area contributed by atoms with Gasteiger partial charge in [0.15, 0.2) is 0 Å². The molecule has 1 aromatic heterocycles. The molecule has 0 aromatic carbocycles. The van der Waals surface area contributed by atoms with Crippen molar-refractivity contribution in [2.24, 2.45) is 0 Å². The van der Waals surface area contributed by atoms with Gasteiger partial charge in [-0.1, -0.05) is 13.3 Å². The first-order valence-electron chi connectivity index (χ1n) is 5.12. The second kappa shape index (κ2) is 5.47. The van der Waals surface area contributed by atoms with Gasteiger partial charge in [0.2, 0.25) is 0 Å². The van der Waals surface area contributed by atoms with Crippen LogP contribution in [0.15, 0.2) is 22.8 Å². The van der Waals surface area contributed by atoms with E-state index in [1.165, 1.54) is 0 Å². The Hall–Kier alpha value is -0.610. The van der Waals surface area contributed by atoms with E-state index >= 15 is 0 Å². The van der Waals surface area contributed by atoms with Crippen LogP contribution in [0.4, 0.5) is 5.82 Å². The number of halogens is 1. The van der Waals surface area contributed by atoms with Gasteiger partial charge in [0.1, 0.15) is 5.82 Å². The van der Waals surface area contributed by atoms with Gasteiger partial charge >= 0.3 is 0 Å². The molecule has 1 heterocycles. The number of aliphatic hydroxyl groups is 1. The van der Waals surface area contributed by atoms with Crippen LogP contribution in [0.3, 0.4) is 0 Å². The fourth-order valence-electron chi connectivity index (χ4n) is 1.42. The largest absolute Gasteiger partial charge is 0.388 e. The summed E-state index contributed by atoms with van der Waals surface area (Å²) in [6.45, 7) is 4.40. The van der Waals surface area contributed by atoms with Crippen molar-refractivity contribution in [3.63, 3.8) is 0 Å². The Balaban J connectivity index is 2.53. The average Bonchev–Trinajstić information content (AvgIpc) is 2.16. The van der Waals surface area contributed by atoms with Crippen LogP contribution in [0.5, 0.6) is 0 Å². The van der Waals surface area contributed by atoms with Crippen molar-refractivity contribution in [2.45, 2.75) is 32.3 Å². The maximum Gasteiger partial charge on any atom is 0.140 e. The third-order valence-corrected chi connectivity index (χ3v) is 2.82. The zero-order valence-corrected chi connectivity index (χ0v) is 10.7. The number of nitrogens with zero attached hydrogens (tertiary/aromatic N) is 1. The molecule has 0 saturated carbocycles. The standard InChI is InChI=1S/C11H17BrN2O/c1-3-6-11(2,15)8-14-10-9(12)5-4-7-13-10/h4-5,7,15H,3,6,8H2,1-2H3,(H,13,14). The van der Waals surface area contributed by atoms with Gasteiger partial charge in [-0.25, -0.2) is 4.98 Å². The average molecular weight is 273 g/mol. The molecule has 1 unspecified atom stereocenters. The van der Waals surface area contributed by atoms with Crippen molar-refractivity contribution in [2.75, 3.05) is 11.9 Å². The molecular formula is C11H17BrN2O. The molecule has 0 aliphatic rings. The lowest BCUT2D eigenvalue weighted by Gasteiger charge is -2.23. The Bertz CT molecular complexity index is 315. The Morgan fingerprint density at radius 1 is 1.60 bits per heavy atom. The van der Waals surface area contributed by atoms with Gasteiger partial charge in [0.25, 0.3) is 0 Å². The van der Waals surface area contributed by atoms with Crippen LogP contribution in [-0.4, -0.2) is 22.2 Å². The molecule has 84 valence electrons. The van der Waals surface area contributed by atoms with E-state index in [4.69, 9.17) is 0 Å². The summed E-state index contributed by atoms with van der Waals surface area (Å²) >= 11 is 3.40. The molecule has 4 heteroatoms. The van der Waals surface area contributed by atoms with Crippen LogP contribution in [0.1, 0.15) is 26.7 Å². The number of nitrogens with one attached hydrogen (secondary N) is 1. The molecule has 0 bridgehead atoms. The number of rotatable bonds is 5. The zero-order valence-electron chi connectivity index (χ0n) is 9.13. The lowest BCUT2D eigenvalue weighted by molar-refractivity contribution is 0.0636. The maximum absolute atomic E-state index is 9.96. The minimum Gasteiger partial charge on any atom is -0.388 e. The van der Waals surface area contributed by atoms with Crippen molar-refractivity contribution in [3.8, 4) is 0 Å². The topological polar surface area (TPSA) is 45.1 Å². The highest BCUT2D eigenvalue weighted by atomic mass is 79.9. The van der Waals surface area contributed by atoms with E-state index in [1.54, 1.807) is 6.20 Å². The predicted molar refractivity (Wildman–Crippen MR) is 66.0 cm³/mol. The van der Waals surface area contributed by atoms with Crippen molar-refractivity contribution < 1.29 is 5.11 Å². The summed E-state index contributed by atoms with van der Waals surface area (Å²) in [5.74, 6) is 0.772. The summed E-state index contributed by atoms with van der Waals surface area (Å²) in [6, 6.07) is 3.78. The molecule has 15 heavy (non-hydrogen) atoms. The summed E-state index contributed by atoms with van der Waals surface area (Å²) in [6.07, 6.45) is 3.48. The Kier molecular flexibility index (Phi) is 4.54. The van der Waals surface area contributed by atoms with Gasteiger partial charge in [0, 0.05) is 12.7 Å². The molecule has 2 N–H and O–H groups in total. The minimum absolute atomic E-state index is 0.510. The van der Waals surface area contributed by atoms with E-state index in [0.29, 0.717) is 6.54 Å². The van der Waals surface area contributed by atoms with Crippen LogP contribution in [0.25, 0.3) is 0 Å². The third-order valence-electron chi connectivity index (χ3n) is 2.18. The Morgan fingerprint density at radius 3 is 2.93 bits per heavy atom. The van der Waals surface area contributed by atoms with E-state index in [0.717, 1.165) is 23.1 Å². The molecule has 0 aliphatic carbocycles. The lowest BCUT2D eigenvalue weighted by Crippen LogP contribution is -2.33. The van der Waals surface area contributed by atoms with Crippen LogP contribution in [0.2, 0.25) is 0 Å². The van der Waals surface area contributed by atoms with Crippen LogP contribution < -0.4 is 5.32 Å². The van der Waals surface area contributed by atoms with E-state index < -0.39 is 5.60 Å². The molecule has 1 aromatic rings. The highest BCUT2D eigenvalue weighted by molar-refractivity contribution is 9.10. The van der Waals surface area contributed by atoms with Gasteiger partial charge < -0.3 is 10.4 Å². The molecule has 0 fully saturated rings. The molecule has 0 amide bonds. The zero-order chi connectivity index (χ0) is 11.3.